The third-order valence-corrected chi connectivity index (χ3v) is 5.42. The quantitative estimate of drug-likeness (QED) is 0.888. The molecule has 0 saturated heterocycles. The van der Waals surface area contributed by atoms with E-state index in [9.17, 15) is 9.00 Å². The first-order chi connectivity index (χ1) is 11.4. The fraction of sp³-hybridized carbons (Fsp3) is 0.316. The number of carbonyl (C=O) groups is 1. The van der Waals surface area contributed by atoms with Crippen LogP contribution in [0, 0.1) is 0 Å². The van der Waals surface area contributed by atoms with Crippen LogP contribution in [-0.4, -0.2) is 27.3 Å². The Morgan fingerprint density at radius 1 is 0.958 bits per heavy atom. The lowest BCUT2D eigenvalue weighted by Gasteiger charge is -2.24. The van der Waals surface area contributed by atoms with E-state index in [1.54, 1.807) is 4.90 Å². The number of rotatable bonds is 5. The zero-order valence-corrected chi connectivity index (χ0v) is 15.2. The Hall–Kier alpha value is -2.14. The Morgan fingerprint density at radius 3 is 1.83 bits per heavy atom. The van der Waals surface area contributed by atoms with Gasteiger partial charge >= 0.3 is 6.03 Å². The summed E-state index contributed by atoms with van der Waals surface area (Å²) in [6.07, 6.45) is 0. The molecule has 0 aliphatic rings. The van der Waals surface area contributed by atoms with Crippen LogP contribution in [-0.2, 0) is 10.8 Å². The van der Waals surface area contributed by atoms with Crippen LogP contribution in [0.1, 0.15) is 20.8 Å². The van der Waals surface area contributed by atoms with Crippen LogP contribution in [0.2, 0.25) is 0 Å². The third kappa shape index (κ3) is 4.93. The number of anilines is 2. The fourth-order valence-electron chi connectivity index (χ4n) is 2.17. The van der Waals surface area contributed by atoms with E-state index in [1.807, 2.05) is 81.4 Å². The van der Waals surface area contributed by atoms with Crippen molar-refractivity contribution in [1.29, 1.82) is 0 Å². The Kier molecular flexibility index (Phi) is 6.15. The summed E-state index contributed by atoms with van der Waals surface area (Å²) in [6.45, 7) is 6.18. The lowest BCUT2D eigenvalue weighted by molar-refractivity contribution is 0.249. The second kappa shape index (κ2) is 8.11. The van der Waals surface area contributed by atoms with E-state index in [-0.39, 0.29) is 10.8 Å². The topological polar surface area (TPSA) is 49.4 Å². The number of nitrogens with one attached hydrogen (secondary N) is 1. The molecule has 0 saturated carbocycles. The van der Waals surface area contributed by atoms with Crippen molar-refractivity contribution in [1.82, 2.24) is 5.32 Å². The van der Waals surface area contributed by atoms with Gasteiger partial charge in [0.1, 0.15) is 0 Å². The van der Waals surface area contributed by atoms with Crippen LogP contribution in [0.25, 0.3) is 0 Å². The Balaban J connectivity index is 2.11. The molecule has 2 aromatic carbocycles. The highest BCUT2D eigenvalue weighted by Crippen LogP contribution is 2.24. The molecule has 24 heavy (non-hydrogen) atoms. The van der Waals surface area contributed by atoms with E-state index in [0.717, 1.165) is 11.4 Å². The van der Waals surface area contributed by atoms with Gasteiger partial charge < -0.3 is 5.32 Å². The summed E-state index contributed by atoms with van der Waals surface area (Å²) in [7, 11) is -0.989. The number of benzene rings is 2. The molecule has 4 nitrogen and oxygen atoms in total. The number of hydrogen-bond acceptors (Lipinski definition) is 2. The number of amides is 2. The van der Waals surface area contributed by atoms with Gasteiger partial charge in [-0.3, -0.25) is 9.11 Å². The van der Waals surface area contributed by atoms with E-state index in [4.69, 9.17) is 0 Å². The molecule has 0 unspecified atom stereocenters. The summed E-state index contributed by atoms with van der Waals surface area (Å²) in [5.41, 5.74) is 1.58. The Labute approximate surface area is 146 Å². The predicted molar refractivity (Wildman–Crippen MR) is 101 cm³/mol. The van der Waals surface area contributed by atoms with Gasteiger partial charge in [-0.15, -0.1) is 0 Å². The van der Waals surface area contributed by atoms with E-state index in [2.05, 4.69) is 5.32 Å². The first kappa shape index (κ1) is 18.2. The van der Waals surface area contributed by atoms with Gasteiger partial charge in [0.05, 0.1) is 11.4 Å². The molecule has 128 valence electrons. The average Bonchev–Trinajstić information content (AvgIpc) is 2.56. The molecular weight excluding hydrogens is 320 g/mol. The molecule has 0 bridgehead atoms. The molecule has 1 N–H and O–H groups in total. The Bertz CT molecular complexity index is 642. The van der Waals surface area contributed by atoms with Gasteiger partial charge in [-0.2, -0.15) is 0 Å². The lowest BCUT2D eigenvalue weighted by Crippen LogP contribution is -2.40. The minimum absolute atomic E-state index is 0.224. The normalized spacial score (nSPS) is 12.5. The van der Waals surface area contributed by atoms with Crippen molar-refractivity contribution < 1.29 is 9.00 Å². The maximum absolute atomic E-state index is 12.7. The van der Waals surface area contributed by atoms with Gasteiger partial charge in [-0.1, -0.05) is 36.4 Å². The second-order valence-electron chi connectivity index (χ2n) is 6.40. The van der Waals surface area contributed by atoms with Crippen molar-refractivity contribution in [2.24, 2.45) is 0 Å². The smallest absolute Gasteiger partial charge is 0.326 e. The highest BCUT2D eigenvalue weighted by molar-refractivity contribution is 7.86. The maximum atomic E-state index is 12.7. The molecule has 0 radical (unpaired) electrons. The lowest BCUT2D eigenvalue weighted by atomic mass is 10.2. The first-order valence-corrected chi connectivity index (χ1v) is 9.28. The molecule has 2 amide bonds. The van der Waals surface area contributed by atoms with Crippen LogP contribution < -0.4 is 10.2 Å². The van der Waals surface area contributed by atoms with Crippen LogP contribution in [0.3, 0.4) is 0 Å². The van der Waals surface area contributed by atoms with Gasteiger partial charge in [-0.05, 0) is 45.0 Å². The van der Waals surface area contributed by atoms with Gasteiger partial charge in [0.15, 0.2) is 0 Å². The monoisotopic (exact) mass is 344 g/mol. The SMILES string of the molecule is CC(C)(C)[S@@](=O)CCNC(=O)N(c1ccccc1)c1ccccc1. The van der Waals surface area contributed by atoms with Crippen LogP contribution in [0.4, 0.5) is 16.2 Å². The van der Waals surface area contributed by atoms with Crippen LogP contribution in [0.15, 0.2) is 60.7 Å². The van der Waals surface area contributed by atoms with Crippen LogP contribution in [0.5, 0.6) is 0 Å². The zero-order chi connectivity index (χ0) is 17.6. The largest absolute Gasteiger partial charge is 0.336 e. The summed E-state index contributed by atoms with van der Waals surface area (Å²) in [4.78, 5) is 14.3. The van der Waals surface area contributed by atoms with E-state index >= 15 is 0 Å². The average molecular weight is 344 g/mol. The summed E-state index contributed by atoms with van der Waals surface area (Å²) < 4.78 is 11.8. The van der Waals surface area contributed by atoms with E-state index in [0.29, 0.717) is 12.3 Å². The van der Waals surface area contributed by atoms with Gasteiger partial charge in [0.2, 0.25) is 0 Å². The van der Waals surface area contributed by atoms with Crippen molar-refractivity contribution in [2.45, 2.75) is 25.5 Å². The molecule has 2 aromatic rings. The van der Waals surface area contributed by atoms with Gasteiger partial charge in [-0.25, -0.2) is 4.79 Å². The predicted octanol–water partition coefficient (Wildman–Crippen LogP) is 4.08. The molecule has 0 spiro atoms. The molecule has 2 rings (SSSR count). The van der Waals surface area contributed by atoms with Gasteiger partial charge in [0, 0.05) is 27.8 Å². The highest BCUT2D eigenvalue weighted by Gasteiger charge is 2.21. The van der Waals surface area contributed by atoms with Crippen molar-refractivity contribution in [2.75, 3.05) is 17.2 Å². The number of urea groups is 1. The number of hydrogen-bond donors (Lipinski definition) is 1. The van der Waals surface area contributed by atoms with E-state index < -0.39 is 10.8 Å². The number of para-hydroxylation sites is 2. The first-order valence-electron chi connectivity index (χ1n) is 7.96. The minimum Gasteiger partial charge on any atom is -0.336 e. The van der Waals surface area contributed by atoms with Gasteiger partial charge in [0.25, 0.3) is 0 Å². The molecule has 1 atom stereocenters. The molecule has 0 aromatic heterocycles. The highest BCUT2D eigenvalue weighted by atomic mass is 32.2. The molecule has 0 heterocycles. The minimum atomic E-state index is -0.989. The molecule has 5 heteroatoms. The van der Waals surface area contributed by atoms with Crippen molar-refractivity contribution >= 4 is 28.2 Å². The Morgan fingerprint density at radius 2 is 1.42 bits per heavy atom. The summed E-state index contributed by atoms with van der Waals surface area (Å²) >= 11 is 0. The second-order valence-corrected chi connectivity index (χ2v) is 8.72. The molecule has 0 aliphatic carbocycles. The maximum Gasteiger partial charge on any atom is 0.326 e. The van der Waals surface area contributed by atoms with Crippen molar-refractivity contribution in [3.63, 3.8) is 0 Å². The molecule has 0 fully saturated rings. The summed E-state index contributed by atoms with van der Waals surface area (Å²) in [6, 6.07) is 18.7. The summed E-state index contributed by atoms with van der Waals surface area (Å²) in [5, 5.41) is 2.88. The number of nitrogens with zero attached hydrogens (tertiary/aromatic N) is 1. The van der Waals surface area contributed by atoms with Crippen LogP contribution >= 0.6 is 0 Å². The number of carbonyl (C=O) groups excluding carboxylic acids is 1. The van der Waals surface area contributed by atoms with E-state index in [1.165, 1.54) is 0 Å². The molecular formula is C19H24N2O2S. The standard InChI is InChI=1S/C19H24N2O2S/c1-19(2,3)24(23)15-14-20-18(22)21(16-10-6-4-7-11-16)17-12-8-5-9-13-17/h4-13H,14-15H2,1-3H3,(H,20,22)/t24-/m0/s1. The molecule has 0 aliphatic heterocycles. The zero-order valence-electron chi connectivity index (χ0n) is 14.4. The fourth-order valence-corrected chi connectivity index (χ4v) is 3.07. The van der Waals surface area contributed by atoms with Crippen molar-refractivity contribution in [3.05, 3.63) is 60.7 Å². The third-order valence-electron chi connectivity index (χ3n) is 3.48. The van der Waals surface area contributed by atoms with Crippen molar-refractivity contribution in [3.8, 4) is 0 Å². The summed E-state index contributed by atoms with van der Waals surface area (Å²) in [5.74, 6) is 0.437.